The molecule has 2 aromatic carbocycles. The Morgan fingerprint density at radius 1 is 1.21 bits per heavy atom. The van der Waals surface area contributed by atoms with Crippen LogP contribution < -0.4 is 10.1 Å². The number of hydrogen-bond donors (Lipinski definition) is 1. The van der Waals surface area contributed by atoms with Crippen LogP contribution in [0.15, 0.2) is 41.3 Å². The summed E-state index contributed by atoms with van der Waals surface area (Å²) in [6.07, 6.45) is -4.13. The van der Waals surface area contributed by atoms with Gasteiger partial charge in [0, 0.05) is 18.8 Å². The number of hydrogen-bond acceptors (Lipinski definition) is 4. The van der Waals surface area contributed by atoms with E-state index < -0.39 is 39.4 Å². The van der Waals surface area contributed by atoms with E-state index in [0.29, 0.717) is 42.9 Å². The number of alkyl halides is 3. The average molecular weight is 489 g/mol. The summed E-state index contributed by atoms with van der Waals surface area (Å²) in [6.45, 7) is 4.09. The van der Waals surface area contributed by atoms with E-state index in [-0.39, 0.29) is 23.7 Å². The van der Waals surface area contributed by atoms with Crippen LogP contribution in [0.2, 0.25) is 0 Å². The third-order valence-corrected chi connectivity index (χ3v) is 7.24. The van der Waals surface area contributed by atoms with Gasteiger partial charge >= 0.3 is 6.18 Å². The molecule has 1 fully saturated rings. The van der Waals surface area contributed by atoms with E-state index in [9.17, 15) is 30.8 Å². The minimum atomic E-state index is -4.91. The predicted octanol–water partition coefficient (Wildman–Crippen LogP) is 4.59. The summed E-state index contributed by atoms with van der Waals surface area (Å²) in [5, 5.41) is 2.35. The zero-order chi connectivity index (χ0) is 24.4. The third kappa shape index (κ3) is 5.64. The minimum Gasteiger partial charge on any atom is -0.494 e. The fourth-order valence-corrected chi connectivity index (χ4v) is 5.30. The number of benzene rings is 2. The monoisotopic (exact) mass is 488 g/mol. The third-order valence-electron chi connectivity index (χ3n) is 5.38. The number of aryl methyl sites for hydroxylation is 1. The van der Waals surface area contributed by atoms with Crippen LogP contribution in [0.5, 0.6) is 5.75 Å². The highest BCUT2D eigenvalue weighted by Crippen LogP contribution is 2.33. The molecule has 0 radical (unpaired) electrons. The van der Waals surface area contributed by atoms with Gasteiger partial charge in [-0.15, -0.1) is 0 Å². The fourth-order valence-electron chi connectivity index (χ4n) is 3.69. The van der Waals surface area contributed by atoms with E-state index in [2.05, 4.69) is 5.32 Å². The Bertz CT molecular complexity index is 1140. The molecule has 2 aromatic rings. The molecule has 0 aromatic heterocycles. The van der Waals surface area contributed by atoms with Crippen molar-refractivity contribution >= 4 is 21.6 Å². The molecular weight excluding hydrogens is 464 g/mol. The number of carbonyl (C=O) groups excluding carboxylic acids is 1. The molecule has 0 bridgehead atoms. The molecule has 1 saturated heterocycles. The van der Waals surface area contributed by atoms with Crippen molar-refractivity contribution < 1.29 is 35.5 Å². The van der Waals surface area contributed by atoms with Crippen LogP contribution in [-0.2, 0) is 21.0 Å². The highest BCUT2D eigenvalue weighted by Gasteiger charge is 2.36. The summed E-state index contributed by atoms with van der Waals surface area (Å²) in [5.74, 6) is -2.26. The largest absolute Gasteiger partial charge is 0.494 e. The lowest BCUT2D eigenvalue weighted by molar-refractivity contribution is -0.140. The minimum absolute atomic E-state index is 0.0675. The number of amides is 1. The molecule has 0 aliphatic carbocycles. The number of ether oxygens (including phenoxy) is 1. The second-order valence-electron chi connectivity index (χ2n) is 7.74. The van der Waals surface area contributed by atoms with E-state index in [0.717, 1.165) is 6.07 Å². The Morgan fingerprint density at radius 2 is 1.94 bits per heavy atom. The number of nitrogens with zero attached hydrogens (tertiary/aromatic N) is 1. The highest BCUT2D eigenvalue weighted by molar-refractivity contribution is 7.89. The molecule has 1 amide bonds. The topological polar surface area (TPSA) is 75.7 Å². The van der Waals surface area contributed by atoms with Gasteiger partial charge in [-0.2, -0.15) is 17.5 Å². The zero-order valence-electron chi connectivity index (χ0n) is 18.1. The molecule has 1 aliphatic rings. The van der Waals surface area contributed by atoms with E-state index in [1.54, 1.807) is 13.0 Å². The summed E-state index contributed by atoms with van der Waals surface area (Å²) in [7, 11) is -3.89. The Labute approximate surface area is 189 Å². The van der Waals surface area contributed by atoms with Gasteiger partial charge in [0.1, 0.15) is 11.6 Å². The van der Waals surface area contributed by atoms with E-state index in [1.807, 2.05) is 6.92 Å². The van der Waals surface area contributed by atoms with Crippen molar-refractivity contribution in [3.8, 4) is 5.75 Å². The SMILES string of the molecule is CCOc1ccc(S(=O)(=O)N2CCCC(C(=O)Nc3ccc(F)c(C(F)(F)F)c3)C2)cc1C. The predicted molar refractivity (Wildman–Crippen MR) is 114 cm³/mol. The molecule has 33 heavy (non-hydrogen) atoms. The summed E-state index contributed by atoms with van der Waals surface area (Å²) < 4.78 is 85.1. The van der Waals surface area contributed by atoms with Crippen molar-refractivity contribution in [2.45, 2.75) is 37.8 Å². The molecule has 1 aliphatic heterocycles. The first kappa shape index (κ1) is 25.0. The maximum atomic E-state index is 13.5. The number of piperidine rings is 1. The average Bonchev–Trinajstić information content (AvgIpc) is 2.76. The first-order valence-electron chi connectivity index (χ1n) is 10.3. The number of nitrogens with one attached hydrogen (secondary N) is 1. The van der Waals surface area contributed by atoms with Crippen molar-refractivity contribution in [1.82, 2.24) is 4.31 Å². The number of rotatable bonds is 6. The molecule has 0 saturated carbocycles. The molecule has 0 spiro atoms. The van der Waals surface area contributed by atoms with Gasteiger partial charge in [0.25, 0.3) is 0 Å². The van der Waals surface area contributed by atoms with Gasteiger partial charge in [0.05, 0.1) is 23.0 Å². The summed E-state index contributed by atoms with van der Waals surface area (Å²) in [5.41, 5.74) is -1.05. The van der Waals surface area contributed by atoms with Crippen molar-refractivity contribution in [1.29, 1.82) is 0 Å². The van der Waals surface area contributed by atoms with Crippen LogP contribution in [0.1, 0.15) is 30.9 Å². The first-order chi connectivity index (χ1) is 15.4. The van der Waals surface area contributed by atoms with Gasteiger partial charge in [0.2, 0.25) is 15.9 Å². The molecule has 3 rings (SSSR count). The van der Waals surface area contributed by atoms with E-state index in [1.165, 1.54) is 16.4 Å². The van der Waals surface area contributed by atoms with Crippen molar-refractivity contribution in [2.75, 3.05) is 25.0 Å². The second-order valence-corrected chi connectivity index (χ2v) is 9.68. The van der Waals surface area contributed by atoms with Crippen molar-refractivity contribution in [3.05, 3.63) is 53.3 Å². The fraction of sp³-hybridized carbons (Fsp3) is 0.409. The van der Waals surface area contributed by atoms with Gasteiger partial charge in [-0.25, -0.2) is 12.8 Å². The summed E-state index contributed by atoms with van der Waals surface area (Å²) in [4.78, 5) is 12.7. The lowest BCUT2D eigenvalue weighted by atomic mass is 9.98. The van der Waals surface area contributed by atoms with Crippen LogP contribution in [0, 0.1) is 18.7 Å². The van der Waals surface area contributed by atoms with Crippen molar-refractivity contribution in [2.24, 2.45) is 5.92 Å². The lowest BCUT2D eigenvalue weighted by Crippen LogP contribution is -2.43. The van der Waals surface area contributed by atoms with Gasteiger partial charge in [0.15, 0.2) is 0 Å². The Balaban J connectivity index is 1.75. The quantitative estimate of drug-likeness (QED) is 0.604. The first-order valence-corrected chi connectivity index (χ1v) is 11.8. The van der Waals surface area contributed by atoms with Crippen LogP contribution >= 0.6 is 0 Å². The summed E-state index contributed by atoms with van der Waals surface area (Å²) >= 11 is 0. The number of carbonyl (C=O) groups is 1. The van der Waals surface area contributed by atoms with Crippen molar-refractivity contribution in [3.63, 3.8) is 0 Å². The normalized spacial score (nSPS) is 17.6. The van der Waals surface area contributed by atoms with Gasteiger partial charge < -0.3 is 10.1 Å². The molecule has 1 unspecified atom stereocenters. The lowest BCUT2D eigenvalue weighted by Gasteiger charge is -2.31. The number of sulfonamides is 1. The molecule has 1 N–H and O–H groups in total. The van der Waals surface area contributed by atoms with Crippen LogP contribution in [0.4, 0.5) is 23.2 Å². The molecule has 1 atom stereocenters. The second kappa shape index (κ2) is 9.68. The molecule has 180 valence electrons. The number of halogens is 4. The molecule has 1 heterocycles. The standard InChI is InChI=1S/C22H24F4N2O4S/c1-3-32-20-9-7-17(11-14(20)2)33(30,31)28-10-4-5-15(13-28)21(29)27-16-6-8-19(23)18(12-16)22(24,25)26/h6-9,11-12,15H,3-5,10,13H2,1-2H3,(H,27,29). The zero-order valence-corrected chi connectivity index (χ0v) is 18.9. The maximum Gasteiger partial charge on any atom is 0.419 e. The van der Waals surface area contributed by atoms with Gasteiger partial charge in [-0.1, -0.05) is 0 Å². The Morgan fingerprint density at radius 3 is 2.58 bits per heavy atom. The van der Waals surface area contributed by atoms with Crippen LogP contribution in [0.3, 0.4) is 0 Å². The van der Waals surface area contributed by atoms with E-state index >= 15 is 0 Å². The maximum absolute atomic E-state index is 13.5. The highest BCUT2D eigenvalue weighted by atomic mass is 32.2. The van der Waals surface area contributed by atoms with E-state index in [4.69, 9.17) is 4.74 Å². The molecular formula is C22H24F4N2O4S. The van der Waals surface area contributed by atoms with Crippen LogP contribution in [-0.4, -0.2) is 38.3 Å². The van der Waals surface area contributed by atoms with Gasteiger partial charge in [-0.3, -0.25) is 4.79 Å². The van der Waals surface area contributed by atoms with Crippen LogP contribution in [0.25, 0.3) is 0 Å². The number of anilines is 1. The Hall–Kier alpha value is -2.66. The smallest absolute Gasteiger partial charge is 0.419 e. The molecule has 6 nitrogen and oxygen atoms in total. The van der Waals surface area contributed by atoms with Gasteiger partial charge in [-0.05, 0) is 68.7 Å². The summed E-state index contributed by atoms with van der Waals surface area (Å²) in [6, 6.07) is 6.70. The Kier molecular flexibility index (Phi) is 7.32. The molecule has 11 heteroatoms.